The van der Waals surface area contributed by atoms with Gasteiger partial charge in [-0.25, -0.2) is 9.78 Å². The van der Waals surface area contributed by atoms with Crippen LogP contribution in [0.2, 0.25) is 0 Å². The molecule has 4 aromatic rings. The van der Waals surface area contributed by atoms with E-state index in [9.17, 15) is 9.59 Å². The Morgan fingerprint density at radius 2 is 1.91 bits per heavy atom. The number of thiazole rings is 1. The van der Waals surface area contributed by atoms with E-state index in [1.807, 2.05) is 44.4 Å². The van der Waals surface area contributed by atoms with E-state index in [-0.39, 0.29) is 18.0 Å². The second-order valence-electron chi connectivity index (χ2n) is 7.43. The van der Waals surface area contributed by atoms with Gasteiger partial charge in [-0.1, -0.05) is 29.5 Å². The van der Waals surface area contributed by atoms with Crippen LogP contribution in [0, 0.1) is 0 Å². The van der Waals surface area contributed by atoms with Crippen LogP contribution in [0.3, 0.4) is 0 Å². The van der Waals surface area contributed by atoms with Crippen LogP contribution in [0.1, 0.15) is 16.8 Å². The quantitative estimate of drug-likeness (QED) is 0.369. The highest BCUT2D eigenvalue weighted by molar-refractivity contribution is 7.22. The van der Waals surface area contributed by atoms with Crippen LogP contribution in [0.25, 0.3) is 21.2 Å². The molecule has 9 heteroatoms. The van der Waals surface area contributed by atoms with Gasteiger partial charge < -0.3 is 14.1 Å². The van der Waals surface area contributed by atoms with Gasteiger partial charge >= 0.3 is 5.63 Å². The van der Waals surface area contributed by atoms with Crippen molar-refractivity contribution in [3.63, 3.8) is 0 Å². The highest BCUT2D eigenvalue weighted by atomic mass is 35.5. The summed E-state index contributed by atoms with van der Waals surface area (Å²) in [6, 6.07) is 14.4. The summed E-state index contributed by atoms with van der Waals surface area (Å²) in [5.74, 6) is 0.286. The number of hydrogen-bond acceptors (Lipinski definition) is 7. The maximum Gasteiger partial charge on any atom is 0.349 e. The van der Waals surface area contributed by atoms with Crippen molar-refractivity contribution in [1.82, 2.24) is 9.88 Å². The predicted molar refractivity (Wildman–Crippen MR) is 131 cm³/mol. The fourth-order valence-corrected chi connectivity index (χ4v) is 4.29. The highest BCUT2D eigenvalue weighted by Gasteiger charge is 2.24. The minimum Gasteiger partial charge on any atom is -0.497 e. The highest BCUT2D eigenvalue weighted by Crippen LogP contribution is 2.32. The number of halogens is 1. The molecular formula is C23H24ClN3O4S. The number of aromatic nitrogens is 1. The molecule has 0 aliphatic rings. The molecule has 0 N–H and O–H groups in total. The fraction of sp³-hybridized carbons (Fsp3) is 0.261. The van der Waals surface area contributed by atoms with E-state index in [1.54, 1.807) is 30.2 Å². The summed E-state index contributed by atoms with van der Waals surface area (Å²) in [4.78, 5) is 34.4. The summed E-state index contributed by atoms with van der Waals surface area (Å²) in [6.07, 6.45) is 0.733. The lowest BCUT2D eigenvalue weighted by Gasteiger charge is -2.20. The van der Waals surface area contributed by atoms with Crippen molar-refractivity contribution in [2.75, 3.05) is 39.2 Å². The Bertz CT molecular complexity index is 1300. The molecule has 2 aromatic carbocycles. The van der Waals surface area contributed by atoms with Gasteiger partial charge in [-0.3, -0.25) is 9.69 Å². The van der Waals surface area contributed by atoms with Gasteiger partial charge in [-0.15, -0.1) is 12.4 Å². The van der Waals surface area contributed by atoms with Gasteiger partial charge in [0, 0.05) is 18.0 Å². The van der Waals surface area contributed by atoms with Crippen LogP contribution in [0.15, 0.2) is 57.7 Å². The summed E-state index contributed by atoms with van der Waals surface area (Å²) in [7, 11) is 5.56. The number of anilines is 1. The number of carbonyl (C=O) groups excluding carboxylic acids is 1. The lowest BCUT2D eigenvalue weighted by Crippen LogP contribution is -2.36. The second kappa shape index (κ2) is 10.1. The number of fused-ring (bicyclic) bond motifs is 2. The van der Waals surface area contributed by atoms with E-state index in [4.69, 9.17) is 9.15 Å². The van der Waals surface area contributed by atoms with E-state index >= 15 is 0 Å². The van der Waals surface area contributed by atoms with Gasteiger partial charge in [-0.2, -0.15) is 0 Å². The molecule has 4 rings (SSSR count). The molecule has 0 atom stereocenters. The zero-order valence-electron chi connectivity index (χ0n) is 18.0. The lowest BCUT2D eigenvalue weighted by molar-refractivity contribution is 0.0982. The largest absolute Gasteiger partial charge is 0.497 e. The number of benzene rings is 2. The maximum absolute atomic E-state index is 13.5. The van der Waals surface area contributed by atoms with Crippen LogP contribution in [0.4, 0.5) is 5.13 Å². The van der Waals surface area contributed by atoms with E-state index in [0.29, 0.717) is 28.4 Å². The topological polar surface area (TPSA) is 75.9 Å². The van der Waals surface area contributed by atoms with Crippen molar-refractivity contribution in [3.05, 3.63) is 64.5 Å². The third-order valence-electron chi connectivity index (χ3n) is 4.92. The number of ether oxygens (including phenoxy) is 1. The Morgan fingerprint density at radius 1 is 1.12 bits per heavy atom. The molecule has 0 unspecified atom stereocenters. The fourth-order valence-electron chi connectivity index (χ4n) is 3.32. The number of nitrogens with zero attached hydrogens (tertiary/aromatic N) is 3. The van der Waals surface area contributed by atoms with Gasteiger partial charge in [0.25, 0.3) is 5.91 Å². The number of methoxy groups -OCH3 is 1. The summed E-state index contributed by atoms with van der Waals surface area (Å²) in [5.41, 5.74) is 0.551. The first-order valence-electron chi connectivity index (χ1n) is 9.90. The van der Waals surface area contributed by atoms with Gasteiger partial charge in [0.1, 0.15) is 16.9 Å². The van der Waals surface area contributed by atoms with E-state index in [0.717, 1.165) is 23.2 Å². The molecular weight excluding hydrogens is 450 g/mol. The number of carbonyl (C=O) groups is 1. The molecule has 0 aliphatic carbocycles. The number of rotatable bonds is 7. The molecule has 168 valence electrons. The van der Waals surface area contributed by atoms with Gasteiger partial charge in [-0.05, 0) is 51.3 Å². The Kier molecular flexibility index (Phi) is 7.50. The minimum atomic E-state index is -0.649. The van der Waals surface area contributed by atoms with Gasteiger partial charge in [0.15, 0.2) is 5.13 Å². The van der Waals surface area contributed by atoms with Crippen molar-refractivity contribution in [1.29, 1.82) is 0 Å². The Balaban J connectivity index is 0.00000289. The molecule has 0 bridgehead atoms. The van der Waals surface area contributed by atoms with Crippen molar-refractivity contribution in [2.24, 2.45) is 0 Å². The molecule has 1 amide bonds. The molecule has 32 heavy (non-hydrogen) atoms. The maximum atomic E-state index is 13.5. The van der Waals surface area contributed by atoms with Crippen LogP contribution in [-0.4, -0.2) is 50.1 Å². The van der Waals surface area contributed by atoms with Crippen molar-refractivity contribution in [2.45, 2.75) is 6.42 Å². The average Bonchev–Trinajstić information content (AvgIpc) is 3.18. The molecule has 0 fully saturated rings. The Labute approximate surface area is 195 Å². The zero-order valence-corrected chi connectivity index (χ0v) is 19.7. The third-order valence-corrected chi connectivity index (χ3v) is 5.98. The van der Waals surface area contributed by atoms with Crippen LogP contribution in [0.5, 0.6) is 5.75 Å². The molecule has 2 heterocycles. The Hall–Kier alpha value is -2.94. The average molecular weight is 474 g/mol. The van der Waals surface area contributed by atoms with Crippen LogP contribution >= 0.6 is 23.7 Å². The SMILES string of the molecule is COc1ccc2sc(N(CCCN(C)C)C(=O)c3cc4ccccc4oc3=O)nc2c1.Cl. The monoisotopic (exact) mass is 473 g/mol. The summed E-state index contributed by atoms with van der Waals surface area (Å²) in [6.45, 7) is 1.23. The standard InChI is InChI=1S/C23H23N3O4S.ClH/c1-25(2)11-6-12-26(23-24-18-14-16(29-3)9-10-20(18)31-23)21(27)17-13-15-7-4-5-8-19(15)30-22(17)28;/h4-5,7-10,13-14H,6,11-12H2,1-3H3;1H. The van der Waals surface area contributed by atoms with E-state index < -0.39 is 11.5 Å². The number of amides is 1. The zero-order chi connectivity index (χ0) is 22.0. The number of para-hydroxylation sites is 1. The van der Waals surface area contributed by atoms with E-state index in [2.05, 4.69) is 9.88 Å². The van der Waals surface area contributed by atoms with Crippen molar-refractivity contribution in [3.8, 4) is 5.75 Å². The molecule has 7 nitrogen and oxygen atoms in total. The Morgan fingerprint density at radius 3 is 2.66 bits per heavy atom. The predicted octanol–water partition coefficient (Wildman–Crippen LogP) is 4.43. The summed E-state index contributed by atoms with van der Waals surface area (Å²) in [5, 5.41) is 1.24. The van der Waals surface area contributed by atoms with Crippen LogP contribution < -0.4 is 15.3 Å². The van der Waals surface area contributed by atoms with Gasteiger partial charge in [0.05, 0.1) is 17.3 Å². The lowest BCUT2D eigenvalue weighted by atomic mass is 10.1. The van der Waals surface area contributed by atoms with Gasteiger partial charge in [0.2, 0.25) is 0 Å². The van der Waals surface area contributed by atoms with Crippen molar-refractivity contribution >= 4 is 56.0 Å². The minimum absolute atomic E-state index is 0. The van der Waals surface area contributed by atoms with Crippen LogP contribution in [-0.2, 0) is 0 Å². The second-order valence-corrected chi connectivity index (χ2v) is 8.44. The molecule has 0 spiro atoms. The normalized spacial score (nSPS) is 11.0. The molecule has 0 saturated heterocycles. The smallest absolute Gasteiger partial charge is 0.349 e. The molecule has 0 saturated carbocycles. The van der Waals surface area contributed by atoms with Crippen molar-refractivity contribution < 1.29 is 13.9 Å². The summed E-state index contributed by atoms with van der Waals surface area (Å²) < 4.78 is 11.6. The number of hydrogen-bond donors (Lipinski definition) is 0. The molecule has 0 radical (unpaired) electrons. The first-order chi connectivity index (χ1) is 15.0. The molecule has 2 aromatic heterocycles. The first kappa shape index (κ1) is 23.7. The third kappa shape index (κ3) is 4.93. The molecule has 0 aliphatic heterocycles. The summed E-state index contributed by atoms with van der Waals surface area (Å²) >= 11 is 1.41. The van der Waals surface area contributed by atoms with E-state index in [1.165, 1.54) is 11.3 Å². The first-order valence-corrected chi connectivity index (χ1v) is 10.7.